The lowest BCUT2D eigenvalue weighted by atomic mass is 9.90. The second kappa shape index (κ2) is 4.07. The maximum Gasteiger partial charge on any atom is 0.0742 e. The Bertz CT molecular complexity index is 107. The fraction of sp³-hybridized carbons (Fsp3) is 1.00. The highest BCUT2D eigenvalue weighted by molar-refractivity contribution is 4.81. The van der Waals surface area contributed by atoms with Gasteiger partial charge in [0.15, 0.2) is 0 Å². The van der Waals surface area contributed by atoms with Crippen molar-refractivity contribution in [2.45, 2.75) is 52.2 Å². The molecule has 0 aromatic rings. The predicted octanol–water partition coefficient (Wildman–Crippen LogP) is 1.52. The molecule has 0 aromatic carbocycles. The molecule has 11 heavy (non-hydrogen) atoms. The summed E-state index contributed by atoms with van der Waals surface area (Å²) in [5.74, 6) is 0.608. The number of hydrogen-bond acceptors (Lipinski definition) is 2. The topological polar surface area (TPSA) is 46.2 Å². The van der Waals surface area contributed by atoms with Gasteiger partial charge in [0.05, 0.1) is 5.60 Å². The summed E-state index contributed by atoms with van der Waals surface area (Å²) >= 11 is 0. The van der Waals surface area contributed by atoms with Gasteiger partial charge in [0.25, 0.3) is 0 Å². The fourth-order valence-electron chi connectivity index (χ4n) is 0.889. The minimum absolute atomic E-state index is 0.0996. The fourth-order valence-corrected chi connectivity index (χ4v) is 0.889. The van der Waals surface area contributed by atoms with E-state index in [4.69, 9.17) is 5.73 Å². The highest BCUT2D eigenvalue weighted by Crippen LogP contribution is 2.16. The molecule has 2 unspecified atom stereocenters. The molecule has 0 saturated carbocycles. The number of rotatable bonds is 4. The van der Waals surface area contributed by atoms with Gasteiger partial charge in [-0.1, -0.05) is 20.3 Å². The van der Waals surface area contributed by atoms with Crippen molar-refractivity contribution in [2.75, 3.05) is 0 Å². The first-order valence-corrected chi connectivity index (χ1v) is 4.35. The van der Waals surface area contributed by atoms with E-state index in [1.165, 1.54) is 0 Å². The SMILES string of the molecule is CCC(C)CC(N)C(C)(C)O. The zero-order valence-electron chi connectivity index (χ0n) is 8.09. The molecule has 0 saturated heterocycles. The molecular weight excluding hydrogens is 138 g/mol. The molecule has 68 valence electrons. The minimum Gasteiger partial charge on any atom is -0.389 e. The number of aliphatic hydroxyl groups is 1. The zero-order valence-corrected chi connectivity index (χ0v) is 8.09. The zero-order chi connectivity index (χ0) is 9.07. The molecule has 0 amide bonds. The molecular formula is C9H21NO. The highest BCUT2D eigenvalue weighted by atomic mass is 16.3. The van der Waals surface area contributed by atoms with Gasteiger partial charge in [-0.05, 0) is 26.2 Å². The first kappa shape index (κ1) is 10.9. The number of nitrogens with two attached hydrogens (primary N) is 1. The molecule has 0 bridgehead atoms. The monoisotopic (exact) mass is 159 g/mol. The van der Waals surface area contributed by atoms with Crippen LogP contribution in [-0.4, -0.2) is 16.7 Å². The minimum atomic E-state index is -0.733. The molecule has 2 heteroatoms. The Morgan fingerprint density at radius 2 is 1.91 bits per heavy atom. The Morgan fingerprint density at radius 3 is 2.18 bits per heavy atom. The van der Waals surface area contributed by atoms with Crippen molar-refractivity contribution in [3.8, 4) is 0 Å². The molecule has 0 aromatic heterocycles. The third-order valence-corrected chi connectivity index (χ3v) is 2.26. The lowest BCUT2D eigenvalue weighted by molar-refractivity contribution is 0.0438. The summed E-state index contributed by atoms with van der Waals surface area (Å²) in [5.41, 5.74) is 5.04. The van der Waals surface area contributed by atoms with Crippen molar-refractivity contribution >= 4 is 0 Å². The van der Waals surface area contributed by atoms with E-state index >= 15 is 0 Å². The first-order chi connectivity index (χ1) is 4.88. The summed E-state index contributed by atoms with van der Waals surface area (Å²) in [6.45, 7) is 7.83. The second-order valence-electron chi connectivity index (χ2n) is 4.01. The smallest absolute Gasteiger partial charge is 0.0742 e. The van der Waals surface area contributed by atoms with Crippen LogP contribution in [0.5, 0.6) is 0 Å². The van der Waals surface area contributed by atoms with Crippen molar-refractivity contribution in [3.63, 3.8) is 0 Å². The van der Waals surface area contributed by atoms with Crippen molar-refractivity contribution in [1.82, 2.24) is 0 Å². The quantitative estimate of drug-likeness (QED) is 0.653. The summed E-state index contributed by atoms with van der Waals surface area (Å²) in [7, 11) is 0. The highest BCUT2D eigenvalue weighted by Gasteiger charge is 2.23. The van der Waals surface area contributed by atoms with Gasteiger partial charge >= 0.3 is 0 Å². The Morgan fingerprint density at radius 1 is 1.45 bits per heavy atom. The van der Waals surface area contributed by atoms with Gasteiger partial charge in [-0.25, -0.2) is 0 Å². The van der Waals surface area contributed by atoms with Gasteiger partial charge in [-0.2, -0.15) is 0 Å². The molecule has 0 aliphatic carbocycles. The van der Waals surface area contributed by atoms with Crippen LogP contribution in [0, 0.1) is 5.92 Å². The molecule has 0 rings (SSSR count). The van der Waals surface area contributed by atoms with Gasteiger partial charge in [-0.15, -0.1) is 0 Å². The van der Waals surface area contributed by atoms with Crippen LogP contribution in [0.4, 0.5) is 0 Å². The second-order valence-corrected chi connectivity index (χ2v) is 4.01. The molecule has 0 aliphatic rings. The molecule has 0 fully saturated rings. The molecule has 0 heterocycles. The van der Waals surface area contributed by atoms with Crippen LogP contribution in [-0.2, 0) is 0 Å². The van der Waals surface area contributed by atoms with Gasteiger partial charge in [0.1, 0.15) is 0 Å². The van der Waals surface area contributed by atoms with Crippen LogP contribution < -0.4 is 5.73 Å². The van der Waals surface area contributed by atoms with E-state index in [2.05, 4.69) is 13.8 Å². The van der Waals surface area contributed by atoms with E-state index in [0.29, 0.717) is 5.92 Å². The van der Waals surface area contributed by atoms with E-state index in [1.807, 2.05) is 0 Å². The molecule has 3 N–H and O–H groups in total. The Hall–Kier alpha value is -0.0800. The largest absolute Gasteiger partial charge is 0.389 e. The van der Waals surface area contributed by atoms with Crippen LogP contribution in [0.1, 0.15) is 40.5 Å². The summed E-state index contributed by atoms with van der Waals surface area (Å²) in [6, 6.07) is -0.0996. The average Bonchev–Trinajstić information content (AvgIpc) is 1.85. The van der Waals surface area contributed by atoms with Crippen LogP contribution in [0.15, 0.2) is 0 Å². The molecule has 0 spiro atoms. The molecule has 2 nitrogen and oxygen atoms in total. The lowest BCUT2D eigenvalue weighted by Gasteiger charge is -2.27. The maximum atomic E-state index is 9.51. The van der Waals surface area contributed by atoms with Crippen LogP contribution in [0.2, 0.25) is 0 Å². The third-order valence-electron chi connectivity index (χ3n) is 2.26. The summed E-state index contributed by atoms with van der Waals surface area (Å²) in [5, 5.41) is 9.51. The van der Waals surface area contributed by atoms with Crippen molar-refractivity contribution in [2.24, 2.45) is 11.7 Å². The predicted molar refractivity (Wildman–Crippen MR) is 48.3 cm³/mol. The van der Waals surface area contributed by atoms with Gasteiger partial charge in [0, 0.05) is 6.04 Å². The Kier molecular flexibility index (Phi) is 4.04. The summed E-state index contributed by atoms with van der Waals surface area (Å²) in [6.07, 6.45) is 2.03. The van der Waals surface area contributed by atoms with Crippen molar-refractivity contribution < 1.29 is 5.11 Å². The standard InChI is InChI=1S/C9H21NO/c1-5-7(2)6-8(10)9(3,4)11/h7-8,11H,5-6,10H2,1-4H3. The lowest BCUT2D eigenvalue weighted by Crippen LogP contribution is -2.43. The van der Waals surface area contributed by atoms with E-state index in [9.17, 15) is 5.11 Å². The van der Waals surface area contributed by atoms with Crippen LogP contribution >= 0.6 is 0 Å². The van der Waals surface area contributed by atoms with Crippen molar-refractivity contribution in [1.29, 1.82) is 0 Å². The van der Waals surface area contributed by atoms with Gasteiger partial charge < -0.3 is 10.8 Å². The summed E-state index contributed by atoms with van der Waals surface area (Å²) in [4.78, 5) is 0. The van der Waals surface area contributed by atoms with E-state index < -0.39 is 5.60 Å². The van der Waals surface area contributed by atoms with Gasteiger partial charge in [0.2, 0.25) is 0 Å². The first-order valence-electron chi connectivity index (χ1n) is 4.35. The van der Waals surface area contributed by atoms with E-state index in [0.717, 1.165) is 12.8 Å². The number of hydrogen-bond donors (Lipinski definition) is 2. The average molecular weight is 159 g/mol. The normalized spacial score (nSPS) is 18.0. The Balaban J connectivity index is 3.77. The van der Waals surface area contributed by atoms with Crippen molar-refractivity contribution in [3.05, 3.63) is 0 Å². The summed E-state index contributed by atoms with van der Waals surface area (Å²) < 4.78 is 0. The molecule has 0 aliphatic heterocycles. The molecule has 2 atom stereocenters. The maximum absolute atomic E-state index is 9.51. The molecule has 0 radical (unpaired) electrons. The Labute approximate surface area is 69.8 Å². The van der Waals surface area contributed by atoms with Gasteiger partial charge in [-0.3, -0.25) is 0 Å². The van der Waals surface area contributed by atoms with Crippen LogP contribution in [0.25, 0.3) is 0 Å². The third kappa shape index (κ3) is 4.38. The van der Waals surface area contributed by atoms with E-state index in [-0.39, 0.29) is 6.04 Å². The van der Waals surface area contributed by atoms with Crippen LogP contribution in [0.3, 0.4) is 0 Å². The van der Waals surface area contributed by atoms with E-state index in [1.54, 1.807) is 13.8 Å².